The van der Waals surface area contributed by atoms with Crippen LogP contribution in [0.5, 0.6) is 0 Å². The van der Waals surface area contributed by atoms with Crippen LogP contribution in [-0.4, -0.2) is 49.3 Å². The highest BCUT2D eigenvalue weighted by Crippen LogP contribution is 2.52. The third-order valence-corrected chi connectivity index (χ3v) is 13.2. The first-order chi connectivity index (χ1) is 24.8. The number of carbonyl (C=O) groups is 1. The highest BCUT2D eigenvalue weighted by atomic mass is 35.5. The molecule has 3 saturated heterocycles. The van der Waals surface area contributed by atoms with E-state index < -0.39 is 5.82 Å². The molecule has 3 aromatic heterocycles. The maximum absolute atomic E-state index is 17.2. The molecular weight excluding hydrogens is 684 g/mol. The van der Waals surface area contributed by atoms with Crippen LogP contribution in [0.2, 0.25) is 10.0 Å². The Morgan fingerprint density at radius 2 is 2.02 bits per heavy atom. The summed E-state index contributed by atoms with van der Waals surface area (Å²) in [6, 6.07) is 12.2. The van der Waals surface area contributed by atoms with Crippen LogP contribution >= 0.6 is 23.2 Å². The maximum Gasteiger partial charge on any atom is 0.226 e. The summed E-state index contributed by atoms with van der Waals surface area (Å²) < 4.78 is 21.8. The molecule has 3 aliphatic heterocycles. The van der Waals surface area contributed by atoms with Crippen molar-refractivity contribution >= 4 is 50.9 Å². The lowest BCUT2D eigenvalue weighted by atomic mass is 9.79. The van der Waals surface area contributed by atoms with Gasteiger partial charge in [0, 0.05) is 71.0 Å². The summed E-state index contributed by atoms with van der Waals surface area (Å²) in [5, 5.41) is 20.7. The van der Waals surface area contributed by atoms with Gasteiger partial charge in [0.25, 0.3) is 0 Å². The molecule has 5 aromatic rings. The van der Waals surface area contributed by atoms with Crippen LogP contribution in [0.4, 0.5) is 4.39 Å². The van der Waals surface area contributed by atoms with Crippen molar-refractivity contribution in [3.63, 3.8) is 0 Å². The van der Waals surface area contributed by atoms with Gasteiger partial charge >= 0.3 is 0 Å². The molecule has 5 fully saturated rings. The molecule has 11 heteroatoms. The Morgan fingerprint density at radius 1 is 1.16 bits per heavy atom. The first kappa shape index (κ1) is 31.7. The largest absolute Gasteiger partial charge is 0.337 e. The fourth-order valence-electron chi connectivity index (χ4n) is 9.71. The molecule has 3 aliphatic carbocycles. The van der Waals surface area contributed by atoms with Crippen molar-refractivity contribution in [2.45, 2.75) is 88.9 Å². The highest BCUT2D eigenvalue weighted by Gasteiger charge is 2.51. The van der Waals surface area contributed by atoms with E-state index in [0.29, 0.717) is 46.6 Å². The number of pyridine rings is 1. The summed E-state index contributed by atoms with van der Waals surface area (Å²) in [6.45, 7) is 3.52. The molecule has 6 heterocycles. The number of nitriles is 1. The average molecular weight is 723 g/mol. The summed E-state index contributed by atoms with van der Waals surface area (Å²) >= 11 is 13.1. The number of halogens is 3. The number of fused-ring (bicyclic) bond motifs is 5. The van der Waals surface area contributed by atoms with Gasteiger partial charge in [-0.25, -0.2) is 9.37 Å². The van der Waals surface area contributed by atoms with Gasteiger partial charge in [0.1, 0.15) is 5.52 Å². The van der Waals surface area contributed by atoms with Gasteiger partial charge in [-0.05, 0) is 93.5 Å². The maximum atomic E-state index is 17.2. The predicted molar refractivity (Wildman–Crippen MR) is 195 cm³/mol. The van der Waals surface area contributed by atoms with E-state index in [4.69, 9.17) is 33.3 Å². The molecule has 11 rings (SSSR count). The van der Waals surface area contributed by atoms with Crippen LogP contribution in [0, 0.1) is 35.9 Å². The number of hydrogen-bond acceptors (Lipinski definition) is 5. The second-order valence-electron chi connectivity index (χ2n) is 15.4. The van der Waals surface area contributed by atoms with E-state index >= 15 is 4.39 Å². The van der Waals surface area contributed by atoms with Gasteiger partial charge in [-0.3, -0.25) is 9.48 Å². The smallest absolute Gasteiger partial charge is 0.226 e. The van der Waals surface area contributed by atoms with Crippen LogP contribution in [0.15, 0.2) is 36.5 Å². The van der Waals surface area contributed by atoms with E-state index in [1.54, 1.807) is 18.2 Å². The molecule has 6 aliphatic rings. The van der Waals surface area contributed by atoms with E-state index in [0.717, 1.165) is 79.2 Å². The number of carbonyl (C=O) groups excluding carboxylic acids is 1. The summed E-state index contributed by atoms with van der Waals surface area (Å²) in [5.74, 6) is 0.309. The number of aryl methyl sites for hydroxylation is 4. The molecule has 5 atom stereocenters. The number of amides is 1. The van der Waals surface area contributed by atoms with Crippen LogP contribution in [0.3, 0.4) is 0 Å². The van der Waals surface area contributed by atoms with Gasteiger partial charge < -0.3 is 14.8 Å². The standard InChI is InChI=1S/C40H38Cl2FN7O/c1-20-27-16-33(32-15-25(19-48(32)40(51)21-10-11-21)49-18-23-5-2-9-30(23)47-49)50(38-24-14-31(38)45-17-24)39(27)28-13-22(6-4-12-44)34(36(43)37(28)46-20)26-7-3-8-29(41)35(26)42/h3,7-8,13,16,18,21,24-25,31-32,38,45H,2,4-6,9-11,14-15,17,19H2,1H3/t24-,25+,31-,32-,38+/m1/s1. The predicted octanol–water partition coefficient (Wildman–Crippen LogP) is 8.21. The molecule has 1 amide bonds. The van der Waals surface area contributed by atoms with E-state index in [1.807, 2.05) is 13.0 Å². The van der Waals surface area contributed by atoms with Crippen molar-refractivity contribution in [3.05, 3.63) is 80.6 Å². The molecule has 2 aromatic carbocycles. The lowest BCUT2D eigenvalue weighted by molar-refractivity contribution is -0.133. The number of likely N-dealkylation sites (tertiary alicyclic amines) is 1. The van der Waals surface area contributed by atoms with Crippen molar-refractivity contribution in [3.8, 4) is 17.2 Å². The minimum Gasteiger partial charge on any atom is -0.337 e. The molecule has 0 unspecified atom stereocenters. The quantitative estimate of drug-likeness (QED) is 0.183. The summed E-state index contributed by atoms with van der Waals surface area (Å²) in [4.78, 5) is 21.2. The molecule has 260 valence electrons. The van der Waals surface area contributed by atoms with Gasteiger partial charge in [-0.2, -0.15) is 10.4 Å². The number of nitrogens with zero attached hydrogens (tertiary/aromatic N) is 6. The first-order valence-corrected chi connectivity index (χ1v) is 19.1. The average Bonchev–Trinajstić information content (AvgIpc) is 3.71. The van der Waals surface area contributed by atoms with Crippen molar-refractivity contribution < 1.29 is 9.18 Å². The normalized spacial score (nSPS) is 25.2. The number of hydrogen-bond donors (Lipinski definition) is 1. The molecule has 0 spiro atoms. The summed E-state index contributed by atoms with van der Waals surface area (Å²) in [6.07, 6.45) is 9.80. The van der Waals surface area contributed by atoms with Gasteiger partial charge in [0.05, 0.1) is 45.5 Å². The zero-order valence-corrected chi connectivity index (χ0v) is 29.9. The number of benzene rings is 2. The third kappa shape index (κ3) is 4.82. The topological polar surface area (TPSA) is 91.8 Å². The molecular formula is C40H38Cl2FN7O. The lowest BCUT2D eigenvalue weighted by Gasteiger charge is -2.39. The molecule has 1 N–H and O–H groups in total. The van der Waals surface area contributed by atoms with Crippen molar-refractivity contribution in [2.24, 2.45) is 11.8 Å². The zero-order valence-electron chi connectivity index (χ0n) is 28.4. The number of aromatic nitrogens is 4. The number of rotatable bonds is 7. The second kappa shape index (κ2) is 11.8. The Labute approximate surface area is 305 Å². The van der Waals surface area contributed by atoms with Crippen LogP contribution in [-0.2, 0) is 24.1 Å². The van der Waals surface area contributed by atoms with Crippen molar-refractivity contribution in [1.82, 2.24) is 29.5 Å². The van der Waals surface area contributed by atoms with Crippen molar-refractivity contribution in [1.29, 1.82) is 5.26 Å². The first-order valence-electron chi connectivity index (χ1n) is 18.4. The Kier molecular flexibility index (Phi) is 7.33. The van der Waals surface area contributed by atoms with Gasteiger partial charge in [-0.15, -0.1) is 0 Å². The molecule has 51 heavy (non-hydrogen) atoms. The molecule has 2 saturated carbocycles. The Hall–Kier alpha value is -3.97. The second-order valence-corrected chi connectivity index (χ2v) is 16.2. The van der Waals surface area contributed by atoms with Gasteiger partial charge in [0.2, 0.25) is 5.91 Å². The zero-order chi connectivity index (χ0) is 34.7. The van der Waals surface area contributed by atoms with Crippen LogP contribution in [0.25, 0.3) is 32.9 Å². The molecule has 2 bridgehead atoms. The highest BCUT2D eigenvalue weighted by molar-refractivity contribution is 6.43. The monoisotopic (exact) mass is 721 g/mol. The van der Waals surface area contributed by atoms with Crippen LogP contribution in [0.1, 0.15) is 84.9 Å². The van der Waals surface area contributed by atoms with Gasteiger partial charge in [0.15, 0.2) is 5.82 Å². The summed E-state index contributed by atoms with van der Waals surface area (Å²) in [5.41, 5.74) is 7.13. The fourth-order valence-corrected chi connectivity index (χ4v) is 10.1. The fraction of sp³-hybridized carbons (Fsp3) is 0.450. The third-order valence-electron chi connectivity index (χ3n) is 12.4. The molecule has 8 nitrogen and oxygen atoms in total. The summed E-state index contributed by atoms with van der Waals surface area (Å²) in [7, 11) is 0. The minimum atomic E-state index is -0.461. The van der Waals surface area contributed by atoms with Crippen LogP contribution < -0.4 is 5.32 Å². The molecule has 0 radical (unpaired) electrons. The van der Waals surface area contributed by atoms with Gasteiger partial charge in [-0.1, -0.05) is 35.3 Å². The lowest BCUT2D eigenvalue weighted by Crippen LogP contribution is -2.41. The Morgan fingerprint density at radius 3 is 2.76 bits per heavy atom. The van der Waals surface area contributed by atoms with E-state index in [-0.39, 0.29) is 46.9 Å². The SMILES string of the molecule is Cc1nc2c(F)c(-c3cccc(Cl)c3Cl)c(CCC#N)cc2c2c1cc([C@H]1C[C@H](n3cc4c(n3)CCC4)CN1C(=O)C1CC1)n2[C@H]1[C@H]2CN[C@@H]1C2. The Bertz CT molecular complexity index is 2300. The van der Waals surface area contributed by atoms with Crippen molar-refractivity contribution in [2.75, 3.05) is 13.1 Å². The number of nitrogens with one attached hydrogen (secondary N) is 1. The van der Waals surface area contributed by atoms with E-state index in [9.17, 15) is 10.1 Å². The van der Waals surface area contributed by atoms with E-state index in [2.05, 4.69) is 37.8 Å². The van der Waals surface area contributed by atoms with E-state index in [1.165, 1.54) is 11.3 Å². The Balaban J connectivity index is 1.20. The minimum absolute atomic E-state index is 0.0852.